The molecule has 2 unspecified atom stereocenters. The van der Waals surface area contributed by atoms with Gasteiger partial charge in [-0.2, -0.15) is 0 Å². The Labute approximate surface area is 85.9 Å². The van der Waals surface area contributed by atoms with E-state index in [4.69, 9.17) is 0 Å². The molecule has 0 heterocycles. The van der Waals surface area contributed by atoms with Gasteiger partial charge in [0, 0.05) is 0 Å². The van der Waals surface area contributed by atoms with E-state index in [1.54, 1.807) is 0 Å². The minimum atomic E-state index is -0.669. The molecule has 0 saturated heterocycles. The van der Waals surface area contributed by atoms with E-state index in [1.165, 1.54) is 6.42 Å². The Morgan fingerprint density at radius 1 is 1.64 bits per heavy atom. The first kappa shape index (κ1) is 11.5. The van der Waals surface area contributed by atoms with Crippen LogP contribution in [0.4, 0.5) is 0 Å². The molecule has 1 rings (SSSR count). The van der Waals surface area contributed by atoms with E-state index in [-0.39, 0.29) is 0 Å². The molecule has 3 nitrogen and oxygen atoms in total. The Bertz CT molecular complexity index is 205. The zero-order valence-corrected chi connectivity index (χ0v) is 9.18. The van der Waals surface area contributed by atoms with Crippen molar-refractivity contribution >= 4 is 5.97 Å². The van der Waals surface area contributed by atoms with Crippen molar-refractivity contribution in [2.75, 3.05) is 6.54 Å². The highest BCUT2D eigenvalue weighted by atomic mass is 16.4. The van der Waals surface area contributed by atoms with Gasteiger partial charge in [-0.15, -0.1) is 0 Å². The first-order chi connectivity index (χ1) is 6.60. The molecule has 0 aromatic rings. The Morgan fingerprint density at radius 3 is 2.86 bits per heavy atom. The first-order valence-electron chi connectivity index (χ1n) is 5.59. The van der Waals surface area contributed by atoms with Crippen LogP contribution in [0, 0.1) is 5.92 Å². The lowest BCUT2D eigenvalue weighted by Crippen LogP contribution is -2.54. The summed E-state index contributed by atoms with van der Waals surface area (Å²) in [5, 5.41) is 12.5. The molecule has 3 heteroatoms. The topological polar surface area (TPSA) is 49.3 Å². The number of aliphatic carboxylic acids is 1. The zero-order chi connectivity index (χ0) is 10.6. The summed E-state index contributed by atoms with van der Waals surface area (Å²) in [6.45, 7) is 5.01. The third-order valence-electron chi connectivity index (χ3n) is 3.12. The molecule has 1 saturated carbocycles. The first-order valence-corrected chi connectivity index (χ1v) is 5.59. The maximum atomic E-state index is 11.3. The molecular formula is C11H21NO2. The lowest BCUT2D eigenvalue weighted by atomic mass is 9.76. The number of carboxylic acid groups (broad SMARTS) is 1. The van der Waals surface area contributed by atoms with Crippen LogP contribution in [0.25, 0.3) is 0 Å². The van der Waals surface area contributed by atoms with Gasteiger partial charge >= 0.3 is 5.97 Å². The molecule has 0 aromatic heterocycles. The summed E-state index contributed by atoms with van der Waals surface area (Å²) < 4.78 is 0. The van der Waals surface area contributed by atoms with Gasteiger partial charge in [-0.05, 0) is 31.7 Å². The van der Waals surface area contributed by atoms with E-state index in [0.29, 0.717) is 5.92 Å². The summed E-state index contributed by atoms with van der Waals surface area (Å²) in [6.07, 6.45) is 4.76. The maximum absolute atomic E-state index is 11.3. The number of nitrogens with one attached hydrogen (secondary N) is 1. The average molecular weight is 199 g/mol. The third kappa shape index (κ3) is 2.47. The van der Waals surface area contributed by atoms with Gasteiger partial charge in [-0.1, -0.05) is 26.7 Å². The van der Waals surface area contributed by atoms with Crippen LogP contribution in [0.5, 0.6) is 0 Å². The van der Waals surface area contributed by atoms with Crippen LogP contribution < -0.4 is 5.32 Å². The van der Waals surface area contributed by atoms with Crippen molar-refractivity contribution in [1.29, 1.82) is 0 Å². The van der Waals surface area contributed by atoms with Crippen molar-refractivity contribution in [3.63, 3.8) is 0 Å². The van der Waals surface area contributed by atoms with Crippen LogP contribution in [0.15, 0.2) is 0 Å². The number of rotatable bonds is 4. The van der Waals surface area contributed by atoms with E-state index in [0.717, 1.165) is 32.2 Å². The fraction of sp³-hybridized carbons (Fsp3) is 0.909. The molecule has 0 aromatic carbocycles. The number of carbonyl (C=O) groups is 1. The van der Waals surface area contributed by atoms with Crippen molar-refractivity contribution in [1.82, 2.24) is 5.32 Å². The third-order valence-corrected chi connectivity index (χ3v) is 3.12. The number of hydrogen-bond acceptors (Lipinski definition) is 2. The highest BCUT2D eigenvalue weighted by Gasteiger charge is 2.40. The van der Waals surface area contributed by atoms with Gasteiger partial charge in [0.2, 0.25) is 0 Å². The highest BCUT2D eigenvalue weighted by molar-refractivity contribution is 5.79. The van der Waals surface area contributed by atoms with Crippen LogP contribution >= 0.6 is 0 Å². The minimum Gasteiger partial charge on any atom is -0.480 e. The lowest BCUT2D eigenvalue weighted by molar-refractivity contribution is -0.147. The summed E-state index contributed by atoms with van der Waals surface area (Å²) >= 11 is 0. The van der Waals surface area contributed by atoms with Gasteiger partial charge in [0.15, 0.2) is 0 Å². The Kier molecular flexibility index (Phi) is 3.93. The summed E-state index contributed by atoms with van der Waals surface area (Å²) in [5.41, 5.74) is -0.631. The van der Waals surface area contributed by atoms with Crippen LogP contribution in [-0.4, -0.2) is 23.2 Å². The Hall–Kier alpha value is -0.570. The van der Waals surface area contributed by atoms with E-state index < -0.39 is 11.5 Å². The van der Waals surface area contributed by atoms with Crippen molar-refractivity contribution in [3.05, 3.63) is 0 Å². The van der Waals surface area contributed by atoms with Crippen LogP contribution in [0.1, 0.15) is 46.0 Å². The van der Waals surface area contributed by atoms with Crippen molar-refractivity contribution < 1.29 is 9.90 Å². The van der Waals surface area contributed by atoms with Crippen molar-refractivity contribution in [2.24, 2.45) is 5.92 Å². The second kappa shape index (κ2) is 4.78. The highest BCUT2D eigenvalue weighted by Crippen LogP contribution is 2.32. The average Bonchev–Trinajstić information content (AvgIpc) is 2.14. The van der Waals surface area contributed by atoms with Crippen LogP contribution in [0.3, 0.4) is 0 Å². The summed E-state index contributed by atoms with van der Waals surface area (Å²) in [6, 6.07) is 0. The molecule has 14 heavy (non-hydrogen) atoms. The molecule has 1 aliphatic rings. The predicted molar refractivity (Wildman–Crippen MR) is 56.3 cm³/mol. The van der Waals surface area contributed by atoms with Gasteiger partial charge in [-0.3, -0.25) is 4.79 Å². The summed E-state index contributed by atoms with van der Waals surface area (Å²) in [5.74, 6) is -0.137. The number of carboxylic acids is 1. The van der Waals surface area contributed by atoms with E-state index >= 15 is 0 Å². The van der Waals surface area contributed by atoms with Gasteiger partial charge in [0.25, 0.3) is 0 Å². The molecule has 0 spiro atoms. The minimum absolute atomic E-state index is 0.532. The molecule has 1 fully saturated rings. The fourth-order valence-electron chi connectivity index (χ4n) is 2.35. The van der Waals surface area contributed by atoms with E-state index in [1.807, 2.05) is 0 Å². The molecule has 0 aliphatic heterocycles. The molecule has 0 radical (unpaired) electrons. The Morgan fingerprint density at radius 2 is 2.36 bits per heavy atom. The van der Waals surface area contributed by atoms with Crippen LogP contribution in [-0.2, 0) is 4.79 Å². The largest absolute Gasteiger partial charge is 0.480 e. The molecule has 2 atom stereocenters. The molecule has 2 N–H and O–H groups in total. The summed E-state index contributed by atoms with van der Waals surface area (Å²) in [4.78, 5) is 11.3. The van der Waals surface area contributed by atoms with Gasteiger partial charge in [0.1, 0.15) is 5.54 Å². The van der Waals surface area contributed by atoms with Crippen molar-refractivity contribution in [2.45, 2.75) is 51.5 Å². The second-order valence-electron chi connectivity index (χ2n) is 4.52. The molecular weight excluding hydrogens is 178 g/mol. The van der Waals surface area contributed by atoms with Crippen molar-refractivity contribution in [3.8, 4) is 0 Å². The molecule has 0 bridgehead atoms. The van der Waals surface area contributed by atoms with Gasteiger partial charge in [-0.25, -0.2) is 0 Å². The number of hydrogen-bond donors (Lipinski definition) is 2. The van der Waals surface area contributed by atoms with Crippen LogP contribution in [0.2, 0.25) is 0 Å². The normalized spacial score (nSPS) is 32.9. The molecule has 1 aliphatic carbocycles. The predicted octanol–water partition coefficient (Wildman–Crippen LogP) is 2.02. The Balaban J connectivity index is 2.65. The molecule has 0 amide bonds. The monoisotopic (exact) mass is 199 g/mol. The standard InChI is InChI=1S/C11H21NO2/c1-3-7-12-11(10(13)14)6-4-5-9(2)8-11/h9,12H,3-8H2,1-2H3,(H,13,14). The molecule has 82 valence electrons. The SMILES string of the molecule is CCCNC1(C(=O)O)CCCC(C)C1. The quantitative estimate of drug-likeness (QED) is 0.728. The lowest BCUT2D eigenvalue weighted by Gasteiger charge is -2.37. The van der Waals surface area contributed by atoms with Gasteiger partial charge < -0.3 is 10.4 Å². The fourth-order valence-corrected chi connectivity index (χ4v) is 2.35. The summed E-state index contributed by atoms with van der Waals surface area (Å²) in [7, 11) is 0. The maximum Gasteiger partial charge on any atom is 0.323 e. The van der Waals surface area contributed by atoms with Gasteiger partial charge in [0.05, 0.1) is 0 Å². The van der Waals surface area contributed by atoms with E-state index in [9.17, 15) is 9.90 Å². The second-order valence-corrected chi connectivity index (χ2v) is 4.52. The zero-order valence-electron chi connectivity index (χ0n) is 9.18. The smallest absolute Gasteiger partial charge is 0.323 e. The van der Waals surface area contributed by atoms with E-state index in [2.05, 4.69) is 19.2 Å².